The number of aliphatic hydroxyl groups excluding tert-OH is 1. The van der Waals surface area contributed by atoms with Crippen LogP contribution in [0.5, 0.6) is 0 Å². The number of hydrogen-bond donors (Lipinski definition) is 2. The molecule has 0 heterocycles. The fourth-order valence-corrected chi connectivity index (χ4v) is 2.00. The van der Waals surface area contributed by atoms with Gasteiger partial charge in [0.05, 0.1) is 0 Å². The molecule has 0 saturated carbocycles. The molecule has 0 fully saturated rings. The van der Waals surface area contributed by atoms with E-state index in [4.69, 9.17) is 10.8 Å². The van der Waals surface area contributed by atoms with Crippen LogP contribution in [-0.4, -0.2) is 33.5 Å². The smallest absolute Gasteiger partial charge is 0.0439 e. The van der Waals surface area contributed by atoms with Crippen molar-refractivity contribution in [3.63, 3.8) is 0 Å². The predicted octanol–water partition coefficient (Wildman–Crippen LogP) is -0.145. The van der Waals surface area contributed by atoms with E-state index < -0.39 is 10.8 Å². The molecule has 3 nitrogen and oxygen atoms in total. The maximum absolute atomic E-state index is 11.1. The fraction of sp³-hybridized carbons (Fsp3) is 1.00. The quantitative estimate of drug-likeness (QED) is 0.596. The maximum Gasteiger partial charge on any atom is 0.0439 e. The minimum absolute atomic E-state index is 0.0505. The second kappa shape index (κ2) is 6.76. The van der Waals surface area contributed by atoms with Crippen LogP contribution in [0, 0.1) is 0 Å². The molecule has 0 aromatic carbocycles. The van der Waals surface area contributed by atoms with Crippen LogP contribution in [-0.2, 0) is 10.8 Å². The standard InChI is InChI=1S/C7H17NO2S/c1-2-7(8)6-11(10)5-3-4-9/h7,9H,2-6,8H2,1H3. The summed E-state index contributed by atoms with van der Waals surface area (Å²) in [7, 11) is -0.835. The Hall–Kier alpha value is 0.0700. The molecule has 0 spiro atoms. The van der Waals surface area contributed by atoms with Crippen LogP contribution in [0.15, 0.2) is 0 Å². The largest absolute Gasteiger partial charge is 0.396 e. The van der Waals surface area contributed by atoms with Gasteiger partial charge in [0, 0.05) is 35.0 Å². The summed E-state index contributed by atoms with van der Waals surface area (Å²) >= 11 is 0. The van der Waals surface area contributed by atoms with E-state index in [9.17, 15) is 4.21 Å². The number of aliphatic hydroxyl groups is 1. The molecule has 0 aliphatic carbocycles. The van der Waals surface area contributed by atoms with Crippen LogP contribution < -0.4 is 5.73 Å². The Morgan fingerprint density at radius 3 is 2.73 bits per heavy atom. The normalized spacial score (nSPS) is 16.3. The van der Waals surface area contributed by atoms with Crippen LogP contribution in [0.1, 0.15) is 19.8 Å². The Morgan fingerprint density at radius 2 is 2.27 bits per heavy atom. The van der Waals surface area contributed by atoms with E-state index in [2.05, 4.69) is 0 Å². The number of nitrogens with two attached hydrogens (primary N) is 1. The Balaban J connectivity index is 3.36. The lowest BCUT2D eigenvalue weighted by atomic mass is 10.3. The van der Waals surface area contributed by atoms with Crippen molar-refractivity contribution >= 4 is 10.8 Å². The molecular weight excluding hydrogens is 162 g/mol. The van der Waals surface area contributed by atoms with Gasteiger partial charge in [0.2, 0.25) is 0 Å². The Labute approximate surface area is 70.4 Å². The van der Waals surface area contributed by atoms with Crippen molar-refractivity contribution in [3.8, 4) is 0 Å². The summed E-state index contributed by atoms with van der Waals surface area (Å²) in [6.45, 7) is 2.10. The van der Waals surface area contributed by atoms with Crippen molar-refractivity contribution < 1.29 is 9.32 Å². The monoisotopic (exact) mass is 179 g/mol. The van der Waals surface area contributed by atoms with Gasteiger partial charge in [0.1, 0.15) is 0 Å². The molecule has 0 aliphatic heterocycles. The van der Waals surface area contributed by atoms with Crippen molar-refractivity contribution in [3.05, 3.63) is 0 Å². The minimum atomic E-state index is -0.835. The van der Waals surface area contributed by atoms with Gasteiger partial charge >= 0.3 is 0 Å². The lowest BCUT2D eigenvalue weighted by molar-refractivity contribution is 0.296. The highest BCUT2D eigenvalue weighted by atomic mass is 32.2. The van der Waals surface area contributed by atoms with E-state index >= 15 is 0 Å². The van der Waals surface area contributed by atoms with Gasteiger partial charge in [0.15, 0.2) is 0 Å². The molecule has 0 saturated heterocycles. The number of rotatable bonds is 6. The minimum Gasteiger partial charge on any atom is -0.396 e. The summed E-state index contributed by atoms with van der Waals surface area (Å²) in [4.78, 5) is 0. The van der Waals surface area contributed by atoms with Crippen molar-refractivity contribution in [1.29, 1.82) is 0 Å². The Bertz CT molecular complexity index is 119. The summed E-state index contributed by atoms with van der Waals surface area (Å²) in [5, 5.41) is 8.44. The molecule has 4 heteroatoms. The summed E-state index contributed by atoms with van der Waals surface area (Å²) in [5.41, 5.74) is 5.59. The van der Waals surface area contributed by atoms with E-state index in [0.717, 1.165) is 6.42 Å². The Morgan fingerprint density at radius 1 is 1.64 bits per heavy atom. The Kier molecular flexibility index (Phi) is 6.80. The molecule has 68 valence electrons. The molecule has 0 bridgehead atoms. The molecule has 0 aliphatic rings. The van der Waals surface area contributed by atoms with E-state index in [1.165, 1.54) is 0 Å². The average molecular weight is 179 g/mol. The topological polar surface area (TPSA) is 63.3 Å². The van der Waals surface area contributed by atoms with Crippen LogP contribution in [0.25, 0.3) is 0 Å². The SMILES string of the molecule is CCC(N)CS(=O)CCCO. The first-order valence-corrected chi connectivity index (χ1v) is 5.41. The van der Waals surface area contributed by atoms with Gasteiger partial charge in [-0.25, -0.2) is 0 Å². The van der Waals surface area contributed by atoms with Gasteiger partial charge in [-0.15, -0.1) is 0 Å². The average Bonchev–Trinajstić information content (AvgIpc) is 2.00. The van der Waals surface area contributed by atoms with E-state index in [1.54, 1.807) is 0 Å². The van der Waals surface area contributed by atoms with Gasteiger partial charge in [-0.05, 0) is 12.8 Å². The first kappa shape index (κ1) is 11.1. The van der Waals surface area contributed by atoms with Crippen molar-refractivity contribution in [2.24, 2.45) is 5.73 Å². The van der Waals surface area contributed by atoms with Crippen molar-refractivity contribution in [2.75, 3.05) is 18.1 Å². The first-order chi connectivity index (χ1) is 5.20. The van der Waals surface area contributed by atoms with Crippen molar-refractivity contribution in [2.45, 2.75) is 25.8 Å². The summed E-state index contributed by atoms with van der Waals surface area (Å²) in [6.07, 6.45) is 1.48. The molecule has 0 radical (unpaired) electrons. The van der Waals surface area contributed by atoms with Gasteiger partial charge < -0.3 is 10.8 Å². The van der Waals surface area contributed by atoms with Gasteiger partial charge in [0.25, 0.3) is 0 Å². The molecule has 0 rings (SSSR count). The van der Waals surface area contributed by atoms with Crippen LogP contribution in [0.2, 0.25) is 0 Å². The second-order valence-electron chi connectivity index (χ2n) is 2.56. The van der Waals surface area contributed by atoms with Crippen LogP contribution in [0.3, 0.4) is 0 Å². The van der Waals surface area contributed by atoms with E-state index in [-0.39, 0.29) is 12.6 Å². The van der Waals surface area contributed by atoms with E-state index in [1.807, 2.05) is 6.92 Å². The molecule has 3 N–H and O–H groups in total. The first-order valence-electron chi connectivity index (χ1n) is 3.92. The molecule has 0 aromatic heterocycles. The number of hydrogen-bond acceptors (Lipinski definition) is 3. The third kappa shape index (κ3) is 6.47. The van der Waals surface area contributed by atoms with E-state index in [0.29, 0.717) is 17.9 Å². The maximum atomic E-state index is 11.1. The highest BCUT2D eigenvalue weighted by Gasteiger charge is 2.04. The zero-order valence-corrected chi connectivity index (χ0v) is 7.77. The van der Waals surface area contributed by atoms with Gasteiger partial charge in [-0.3, -0.25) is 4.21 Å². The van der Waals surface area contributed by atoms with Crippen molar-refractivity contribution in [1.82, 2.24) is 0 Å². The summed E-state index contributed by atoms with van der Waals surface area (Å²) in [5.74, 6) is 1.14. The molecule has 11 heavy (non-hydrogen) atoms. The lowest BCUT2D eigenvalue weighted by Gasteiger charge is -2.06. The highest BCUT2D eigenvalue weighted by Crippen LogP contribution is 1.93. The van der Waals surface area contributed by atoms with Gasteiger partial charge in [-0.2, -0.15) is 0 Å². The molecule has 2 atom stereocenters. The third-order valence-electron chi connectivity index (χ3n) is 1.45. The fourth-order valence-electron chi connectivity index (χ4n) is 0.665. The second-order valence-corrected chi connectivity index (χ2v) is 4.18. The van der Waals surface area contributed by atoms with Gasteiger partial charge in [-0.1, -0.05) is 6.92 Å². The third-order valence-corrected chi connectivity index (χ3v) is 3.00. The van der Waals surface area contributed by atoms with Crippen LogP contribution >= 0.6 is 0 Å². The lowest BCUT2D eigenvalue weighted by Crippen LogP contribution is -2.27. The predicted molar refractivity (Wildman–Crippen MR) is 47.8 cm³/mol. The zero-order valence-electron chi connectivity index (χ0n) is 6.95. The molecule has 0 amide bonds. The molecule has 0 aromatic rings. The summed E-state index contributed by atoms with van der Waals surface area (Å²) in [6, 6.07) is 0.0505. The highest BCUT2D eigenvalue weighted by molar-refractivity contribution is 7.85. The molecule has 2 unspecified atom stereocenters. The zero-order chi connectivity index (χ0) is 8.69. The van der Waals surface area contributed by atoms with Crippen LogP contribution in [0.4, 0.5) is 0 Å². The molecular formula is C7H17NO2S. The summed E-state index contributed by atoms with van der Waals surface area (Å²) < 4.78 is 11.1.